The van der Waals surface area contributed by atoms with Gasteiger partial charge in [0.15, 0.2) is 17.8 Å². The van der Waals surface area contributed by atoms with Crippen LogP contribution in [0.1, 0.15) is 55.2 Å². The van der Waals surface area contributed by atoms with E-state index in [0.717, 1.165) is 42.8 Å². The number of fused-ring (bicyclic) bond motifs is 2. The molecular weight excluding hydrogens is 484 g/mol. The van der Waals surface area contributed by atoms with Gasteiger partial charge in [0.05, 0.1) is 19.1 Å². The number of rotatable bonds is 7. The van der Waals surface area contributed by atoms with Gasteiger partial charge in [-0.25, -0.2) is 0 Å². The number of carbonyl (C=O) groups excluding carboxylic acids is 1. The van der Waals surface area contributed by atoms with Gasteiger partial charge >= 0.3 is 5.97 Å². The third kappa shape index (κ3) is 4.54. The van der Waals surface area contributed by atoms with Gasteiger partial charge in [0, 0.05) is 25.6 Å². The maximum Gasteiger partial charge on any atom is 0.309 e. The van der Waals surface area contributed by atoms with Crippen molar-refractivity contribution in [3.05, 3.63) is 53.6 Å². The monoisotopic (exact) mass is 520 g/mol. The minimum absolute atomic E-state index is 0.163. The lowest BCUT2D eigenvalue weighted by Crippen LogP contribution is -2.54. The molecule has 202 valence electrons. The number of likely N-dealkylation sites (tertiary alicyclic amines) is 2. The predicted octanol–water partition coefficient (Wildman–Crippen LogP) is 4.30. The highest BCUT2D eigenvalue weighted by Crippen LogP contribution is 2.49. The van der Waals surface area contributed by atoms with Crippen molar-refractivity contribution >= 4 is 12.3 Å². The summed E-state index contributed by atoms with van der Waals surface area (Å²) < 4.78 is 16.5. The number of benzene rings is 2. The number of hydrogen-bond acceptors (Lipinski definition) is 7. The number of aldehydes is 1. The van der Waals surface area contributed by atoms with Crippen LogP contribution in [-0.2, 0) is 9.59 Å². The minimum Gasteiger partial charge on any atom is -0.497 e. The van der Waals surface area contributed by atoms with Crippen LogP contribution < -0.4 is 14.2 Å². The maximum atomic E-state index is 12.9. The summed E-state index contributed by atoms with van der Waals surface area (Å²) >= 11 is 0. The van der Waals surface area contributed by atoms with E-state index in [4.69, 9.17) is 14.2 Å². The van der Waals surface area contributed by atoms with E-state index >= 15 is 0 Å². The highest BCUT2D eigenvalue weighted by molar-refractivity contribution is 5.74. The molecule has 0 spiro atoms. The molecule has 3 aliphatic heterocycles. The minimum atomic E-state index is -0.869. The van der Waals surface area contributed by atoms with E-state index in [2.05, 4.69) is 9.80 Å². The van der Waals surface area contributed by atoms with Gasteiger partial charge in [0.2, 0.25) is 6.79 Å². The number of nitrogens with zero attached hydrogens (tertiary/aromatic N) is 2. The van der Waals surface area contributed by atoms with Gasteiger partial charge in [-0.15, -0.1) is 0 Å². The molecule has 4 aliphatic rings. The first-order valence-electron chi connectivity index (χ1n) is 13.8. The van der Waals surface area contributed by atoms with Crippen LogP contribution in [0.3, 0.4) is 0 Å². The van der Waals surface area contributed by atoms with E-state index in [-0.39, 0.29) is 12.7 Å². The Bertz CT molecular complexity index is 1170. The second-order valence-corrected chi connectivity index (χ2v) is 11.1. The van der Waals surface area contributed by atoms with Gasteiger partial charge in [-0.2, -0.15) is 0 Å². The first-order valence-corrected chi connectivity index (χ1v) is 13.8. The molecule has 3 heterocycles. The van der Waals surface area contributed by atoms with Gasteiger partial charge in [-0.05, 0) is 60.1 Å². The molecule has 1 saturated carbocycles. The molecule has 2 saturated heterocycles. The molecule has 2 aromatic carbocycles. The average molecular weight is 521 g/mol. The molecule has 1 aliphatic carbocycles. The normalized spacial score (nSPS) is 30.0. The number of carbonyl (C=O) groups is 2. The molecule has 38 heavy (non-hydrogen) atoms. The fourth-order valence-corrected chi connectivity index (χ4v) is 7.36. The van der Waals surface area contributed by atoms with Crippen molar-refractivity contribution in [2.75, 3.05) is 33.5 Å². The Morgan fingerprint density at radius 2 is 1.74 bits per heavy atom. The van der Waals surface area contributed by atoms with E-state index in [9.17, 15) is 14.7 Å². The first kappa shape index (κ1) is 25.2. The molecule has 8 nitrogen and oxygen atoms in total. The van der Waals surface area contributed by atoms with Crippen molar-refractivity contribution in [1.82, 2.24) is 9.80 Å². The third-order valence-electron chi connectivity index (χ3n) is 9.26. The van der Waals surface area contributed by atoms with Crippen LogP contribution in [0.2, 0.25) is 0 Å². The number of carboxylic acid groups (broad SMARTS) is 1. The number of aliphatic carboxylic acids is 1. The molecule has 6 rings (SSSR count). The summed E-state index contributed by atoms with van der Waals surface area (Å²) in [4.78, 5) is 30.2. The number of carboxylic acids is 1. The number of hydrogen-bond donors (Lipinski definition) is 1. The number of piperidine rings is 1. The van der Waals surface area contributed by atoms with Crippen LogP contribution >= 0.6 is 0 Å². The van der Waals surface area contributed by atoms with Crippen LogP contribution in [-0.4, -0.2) is 66.9 Å². The Morgan fingerprint density at radius 3 is 2.47 bits per heavy atom. The Balaban J connectivity index is 1.37. The average Bonchev–Trinajstić information content (AvgIpc) is 3.58. The second kappa shape index (κ2) is 10.6. The van der Waals surface area contributed by atoms with Crippen LogP contribution in [0, 0.1) is 17.8 Å². The quantitative estimate of drug-likeness (QED) is 0.541. The molecule has 0 radical (unpaired) electrons. The summed E-state index contributed by atoms with van der Waals surface area (Å²) in [6.45, 7) is 2.38. The van der Waals surface area contributed by atoms with Crippen LogP contribution in [0.15, 0.2) is 42.5 Å². The summed E-state index contributed by atoms with van der Waals surface area (Å²) in [5.41, 5.74) is 1.76. The van der Waals surface area contributed by atoms with Crippen molar-refractivity contribution in [2.45, 2.75) is 50.2 Å². The number of methoxy groups -OCH3 is 1. The Morgan fingerprint density at radius 1 is 1.00 bits per heavy atom. The van der Waals surface area contributed by atoms with Crippen molar-refractivity contribution in [2.24, 2.45) is 17.8 Å². The lowest BCUT2D eigenvalue weighted by Gasteiger charge is -2.46. The van der Waals surface area contributed by atoms with Crippen molar-refractivity contribution in [3.8, 4) is 17.2 Å². The fraction of sp³-hybridized carbons (Fsp3) is 0.533. The summed E-state index contributed by atoms with van der Waals surface area (Å²) in [6, 6.07) is 12.8. The van der Waals surface area contributed by atoms with Gasteiger partial charge in [0.1, 0.15) is 11.9 Å². The largest absolute Gasteiger partial charge is 0.497 e. The van der Waals surface area contributed by atoms with Crippen molar-refractivity contribution < 1.29 is 28.9 Å². The highest BCUT2D eigenvalue weighted by Gasteiger charge is 2.51. The van der Waals surface area contributed by atoms with E-state index in [1.807, 2.05) is 42.5 Å². The molecule has 6 unspecified atom stereocenters. The third-order valence-corrected chi connectivity index (χ3v) is 9.26. The molecule has 0 amide bonds. The second-order valence-electron chi connectivity index (χ2n) is 11.1. The van der Waals surface area contributed by atoms with Gasteiger partial charge in [-0.3, -0.25) is 14.6 Å². The van der Waals surface area contributed by atoms with Crippen LogP contribution in [0.5, 0.6) is 17.2 Å². The van der Waals surface area contributed by atoms with Crippen molar-refractivity contribution in [1.29, 1.82) is 0 Å². The van der Waals surface area contributed by atoms with E-state index < -0.39 is 24.1 Å². The van der Waals surface area contributed by atoms with Gasteiger partial charge in [0.25, 0.3) is 0 Å². The summed E-state index contributed by atoms with van der Waals surface area (Å²) in [5, 5.41) is 10.6. The van der Waals surface area contributed by atoms with Gasteiger partial charge in [-0.1, -0.05) is 37.5 Å². The van der Waals surface area contributed by atoms with Crippen LogP contribution in [0.25, 0.3) is 0 Å². The standard InChI is InChI=1S/C30H36N2O6/c1-36-23-9-6-20(7-10-23)29-28(30(34)35)24(21-8-11-25-26(14-21)38-18-37-25)16-32(29)27(17-33)31-13-12-19-4-2-3-5-22(19)15-31/h6-11,14,17,19,22,24,27-29H,2-5,12-13,15-16,18H2,1H3,(H,34,35). The highest BCUT2D eigenvalue weighted by atomic mass is 16.7. The Kier molecular flexibility index (Phi) is 7.01. The Labute approximate surface area is 223 Å². The lowest BCUT2D eigenvalue weighted by atomic mass is 9.75. The molecule has 3 fully saturated rings. The molecule has 8 heteroatoms. The molecule has 6 atom stereocenters. The fourth-order valence-electron chi connectivity index (χ4n) is 7.36. The van der Waals surface area contributed by atoms with Gasteiger partial charge < -0.3 is 24.1 Å². The summed E-state index contributed by atoms with van der Waals surface area (Å²) in [5.74, 6) is 1.46. The summed E-state index contributed by atoms with van der Waals surface area (Å²) in [6.07, 6.45) is 6.71. The topological polar surface area (TPSA) is 88.5 Å². The van der Waals surface area contributed by atoms with E-state index in [0.29, 0.717) is 29.7 Å². The van der Waals surface area contributed by atoms with E-state index in [1.165, 1.54) is 25.7 Å². The van der Waals surface area contributed by atoms with E-state index in [1.54, 1.807) is 7.11 Å². The molecule has 2 aromatic rings. The zero-order valence-corrected chi connectivity index (χ0v) is 21.8. The Hall–Kier alpha value is -3.10. The molecule has 1 N–H and O–H groups in total. The predicted molar refractivity (Wildman–Crippen MR) is 140 cm³/mol. The summed E-state index contributed by atoms with van der Waals surface area (Å²) in [7, 11) is 1.61. The van der Waals surface area contributed by atoms with Crippen LogP contribution in [0.4, 0.5) is 0 Å². The number of ether oxygens (including phenoxy) is 3. The molecule has 0 bridgehead atoms. The first-order chi connectivity index (χ1) is 18.6. The zero-order valence-electron chi connectivity index (χ0n) is 21.8. The SMILES string of the molecule is COc1ccc(C2C(C(=O)O)C(c3ccc4c(c3)OCO4)CN2C(C=O)N2CCC3CCCCC3C2)cc1. The maximum absolute atomic E-state index is 12.9. The van der Waals surface area contributed by atoms with Crippen molar-refractivity contribution in [3.63, 3.8) is 0 Å². The molecule has 0 aromatic heterocycles. The molecular formula is C30H36N2O6. The lowest BCUT2D eigenvalue weighted by molar-refractivity contribution is -0.144. The smallest absolute Gasteiger partial charge is 0.309 e. The zero-order chi connectivity index (χ0) is 26.2.